The number of nitrogens with one attached hydrogen (secondary N) is 1. The van der Waals surface area contributed by atoms with Gasteiger partial charge >= 0.3 is 6.18 Å². The molecule has 5 nitrogen and oxygen atoms in total. The fourth-order valence-electron chi connectivity index (χ4n) is 3.66. The highest BCUT2D eigenvalue weighted by Gasteiger charge is 2.38. The van der Waals surface area contributed by atoms with Gasteiger partial charge in [-0.25, -0.2) is 4.39 Å². The predicted octanol–water partition coefficient (Wildman–Crippen LogP) is 4.76. The van der Waals surface area contributed by atoms with E-state index in [0.717, 1.165) is 15.3 Å². The van der Waals surface area contributed by atoms with E-state index in [-0.39, 0.29) is 24.1 Å². The number of nitrogens with zero attached hydrogens (tertiary/aromatic N) is 3. The van der Waals surface area contributed by atoms with E-state index in [1.54, 1.807) is 23.2 Å². The van der Waals surface area contributed by atoms with Crippen molar-refractivity contribution in [3.05, 3.63) is 65.2 Å². The topological polar surface area (TPSA) is 50.2 Å². The lowest BCUT2D eigenvalue weighted by Gasteiger charge is -2.27. The number of carbonyl (C=O) groups excluding carboxylic acids is 1. The number of fused-ring (bicyclic) bond motifs is 1. The fraction of sp³-hybridized carbons (Fsp3) is 0.273. The first kappa shape index (κ1) is 22.1. The van der Waals surface area contributed by atoms with Crippen LogP contribution >= 0.6 is 11.3 Å². The Bertz CT molecular complexity index is 1150. The van der Waals surface area contributed by atoms with Crippen LogP contribution in [0, 0.1) is 5.82 Å². The minimum atomic E-state index is -4.61. The van der Waals surface area contributed by atoms with E-state index < -0.39 is 30.5 Å². The molecule has 0 bridgehead atoms. The maximum atomic E-state index is 14.3. The van der Waals surface area contributed by atoms with Crippen LogP contribution in [0.2, 0.25) is 0 Å². The summed E-state index contributed by atoms with van der Waals surface area (Å²) in [4.78, 5) is 15.5. The number of aryl methyl sites for hydroxylation is 1. The van der Waals surface area contributed by atoms with Crippen LogP contribution in [0.15, 0.2) is 48.9 Å². The van der Waals surface area contributed by atoms with Crippen molar-refractivity contribution >= 4 is 29.0 Å². The number of amides is 1. The summed E-state index contributed by atoms with van der Waals surface area (Å²) >= 11 is 1.52. The number of carbonyl (C=O) groups is 1. The van der Waals surface area contributed by atoms with Crippen LogP contribution in [0.1, 0.15) is 16.9 Å². The summed E-state index contributed by atoms with van der Waals surface area (Å²) in [5.74, 6) is -1.35. The van der Waals surface area contributed by atoms with Gasteiger partial charge in [-0.2, -0.15) is 18.3 Å². The number of thiophene rings is 1. The second kappa shape index (κ2) is 8.78. The normalized spacial score (nSPS) is 17.0. The van der Waals surface area contributed by atoms with Gasteiger partial charge in [0.05, 0.1) is 11.9 Å². The van der Waals surface area contributed by atoms with E-state index in [1.807, 2.05) is 25.4 Å². The van der Waals surface area contributed by atoms with Gasteiger partial charge in [0, 0.05) is 34.1 Å². The van der Waals surface area contributed by atoms with Gasteiger partial charge in [0.1, 0.15) is 18.4 Å². The van der Waals surface area contributed by atoms with Crippen LogP contribution in [0.3, 0.4) is 0 Å². The Morgan fingerprint density at radius 1 is 1.28 bits per heavy atom. The molecule has 1 N–H and O–H groups in total. The van der Waals surface area contributed by atoms with E-state index in [9.17, 15) is 22.4 Å². The molecule has 1 aliphatic rings. The number of anilines is 1. The molecule has 1 aliphatic heterocycles. The molecule has 32 heavy (non-hydrogen) atoms. The molecule has 0 saturated carbocycles. The monoisotopic (exact) mass is 464 g/mol. The number of halogens is 4. The largest absolute Gasteiger partial charge is 0.406 e. The number of aromatic nitrogens is 2. The summed E-state index contributed by atoms with van der Waals surface area (Å²) in [7, 11) is 1.83. The van der Waals surface area contributed by atoms with Crippen molar-refractivity contribution in [1.29, 1.82) is 0 Å². The van der Waals surface area contributed by atoms with Gasteiger partial charge in [0.2, 0.25) is 5.91 Å². The lowest BCUT2D eigenvalue weighted by Crippen LogP contribution is -2.47. The quantitative estimate of drug-likeness (QED) is 0.554. The van der Waals surface area contributed by atoms with Crippen molar-refractivity contribution in [3.8, 4) is 10.4 Å². The molecule has 2 aromatic heterocycles. The second-order valence-electron chi connectivity index (χ2n) is 7.47. The van der Waals surface area contributed by atoms with Crippen LogP contribution in [0.5, 0.6) is 0 Å². The van der Waals surface area contributed by atoms with Crippen LogP contribution in [-0.2, 0) is 18.3 Å². The standard InChI is InChI=1S/C22H20F4N4OS/c1-29-12-14(11-28-29)20-8-5-15(32-20)9-10-27-18-7-6-16-17(23)3-2-4-19(16)30(21(18)31)13-22(24,25)26/h2-5,8-12,18,27H,6-7,13H2,1H3/b10-9+. The lowest BCUT2D eigenvalue weighted by molar-refractivity contribution is -0.133. The van der Waals surface area contributed by atoms with Crippen molar-refractivity contribution in [3.63, 3.8) is 0 Å². The van der Waals surface area contributed by atoms with Crippen molar-refractivity contribution in [2.45, 2.75) is 25.1 Å². The molecule has 10 heteroatoms. The summed E-state index contributed by atoms with van der Waals surface area (Å²) in [5, 5.41) is 7.05. The molecule has 0 saturated heterocycles. The van der Waals surface area contributed by atoms with E-state index in [4.69, 9.17) is 0 Å². The van der Waals surface area contributed by atoms with Crippen LogP contribution < -0.4 is 10.2 Å². The summed E-state index contributed by atoms with van der Waals surface area (Å²) in [6.45, 7) is -1.47. The Morgan fingerprint density at radius 3 is 2.81 bits per heavy atom. The summed E-state index contributed by atoms with van der Waals surface area (Å²) in [6.07, 6.45) is 2.68. The van der Waals surface area contributed by atoms with Gasteiger partial charge in [0.15, 0.2) is 0 Å². The zero-order valence-electron chi connectivity index (χ0n) is 17.1. The van der Waals surface area contributed by atoms with Crippen molar-refractivity contribution < 1.29 is 22.4 Å². The zero-order chi connectivity index (χ0) is 22.9. The van der Waals surface area contributed by atoms with Crippen LogP contribution in [0.25, 0.3) is 16.5 Å². The van der Waals surface area contributed by atoms with E-state index in [2.05, 4.69) is 10.4 Å². The maximum absolute atomic E-state index is 14.3. The Balaban J connectivity index is 1.51. The average Bonchev–Trinajstić information content (AvgIpc) is 3.34. The lowest BCUT2D eigenvalue weighted by atomic mass is 10.1. The molecule has 1 amide bonds. The minimum absolute atomic E-state index is 0.0278. The third-order valence-corrected chi connectivity index (χ3v) is 6.23. The number of benzene rings is 1. The third-order valence-electron chi connectivity index (χ3n) is 5.13. The molecule has 0 spiro atoms. The second-order valence-corrected chi connectivity index (χ2v) is 8.59. The van der Waals surface area contributed by atoms with Crippen molar-refractivity contribution in [2.24, 2.45) is 7.05 Å². The number of hydrogen-bond acceptors (Lipinski definition) is 4. The summed E-state index contributed by atoms with van der Waals surface area (Å²) in [5.41, 5.74) is 1.07. The highest BCUT2D eigenvalue weighted by atomic mass is 32.1. The van der Waals surface area contributed by atoms with Crippen molar-refractivity contribution in [2.75, 3.05) is 11.4 Å². The first-order chi connectivity index (χ1) is 15.2. The molecular formula is C22H20F4N4OS. The molecule has 1 atom stereocenters. The van der Waals surface area contributed by atoms with Crippen LogP contribution in [-0.4, -0.2) is 34.5 Å². The van der Waals surface area contributed by atoms with Crippen LogP contribution in [0.4, 0.5) is 23.2 Å². The molecule has 0 radical (unpaired) electrons. The van der Waals surface area contributed by atoms with Gasteiger partial charge in [-0.05, 0) is 49.4 Å². The average molecular weight is 464 g/mol. The smallest absolute Gasteiger partial charge is 0.380 e. The number of rotatable bonds is 5. The first-order valence-corrected chi connectivity index (χ1v) is 10.7. The van der Waals surface area contributed by atoms with Gasteiger partial charge in [-0.3, -0.25) is 9.48 Å². The summed E-state index contributed by atoms with van der Waals surface area (Å²) < 4.78 is 55.5. The molecule has 4 rings (SSSR count). The SMILES string of the molecule is Cn1cc(-c2ccc(/C=C/NC3CCc4c(F)cccc4N(CC(F)(F)F)C3=O)s2)cn1. The molecule has 1 aromatic carbocycles. The Kier molecular flexibility index (Phi) is 6.05. The highest BCUT2D eigenvalue weighted by molar-refractivity contribution is 7.16. The molecule has 0 fully saturated rings. The Hall–Kier alpha value is -3.14. The van der Waals surface area contributed by atoms with Gasteiger partial charge in [-0.1, -0.05) is 6.07 Å². The molecule has 168 valence electrons. The molecule has 1 unspecified atom stereocenters. The van der Waals surface area contributed by atoms with E-state index in [1.165, 1.54) is 29.5 Å². The molecular weight excluding hydrogens is 444 g/mol. The molecule has 3 heterocycles. The Morgan fingerprint density at radius 2 is 2.09 bits per heavy atom. The zero-order valence-corrected chi connectivity index (χ0v) is 17.9. The number of alkyl halides is 3. The summed E-state index contributed by atoms with van der Waals surface area (Å²) in [6, 6.07) is 6.81. The van der Waals surface area contributed by atoms with Gasteiger partial charge < -0.3 is 10.2 Å². The molecule has 3 aromatic rings. The maximum Gasteiger partial charge on any atom is 0.406 e. The Labute approximate surface area is 186 Å². The predicted molar refractivity (Wildman–Crippen MR) is 116 cm³/mol. The molecule has 0 aliphatic carbocycles. The first-order valence-electron chi connectivity index (χ1n) is 9.88. The fourth-order valence-corrected chi connectivity index (χ4v) is 4.54. The van der Waals surface area contributed by atoms with E-state index >= 15 is 0 Å². The van der Waals surface area contributed by atoms with Gasteiger partial charge in [-0.15, -0.1) is 11.3 Å². The highest BCUT2D eigenvalue weighted by Crippen LogP contribution is 2.32. The number of hydrogen-bond donors (Lipinski definition) is 1. The third kappa shape index (κ3) is 4.85. The van der Waals surface area contributed by atoms with Gasteiger partial charge in [0.25, 0.3) is 0 Å². The van der Waals surface area contributed by atoms with E-state index in [0.29, 0.717) is 4.90 Å². The van der Waals surface area contributed by atoms with Crippen molar-refractivity contribution in [1.82, 2.24) is 15.1 Å². The minimum Gasteiger partial charge on any atom is -0.380 e.